The van der Waals surface area contributed by atoms with Crippen LogP contribution in [0.1, 0.15) is 38.5 Å². The van der Waals surface area contributed by atoms with Crippen LogP contribution >= 0.6 is 0 Å². The van der Waals surface area contributed by atoms with Crippen LogP contribution in [0, 0.1) is 5.92 Å². The molecule has 2 N–H and O–H groups in total. The molecule has 1 aliphatic rings. The van der Waals surface area contributed by atoms with Crippen LogP contribution in [-0.4, -0.2) is 12.2 Å². The van der Waals surface area contributed by atoms with E-state index in [1.807, 2.05) is 0 Å². The molecule has 13 heavy (non-hydrogen) atoms. The van der Waals surface area contributed by atoms with E-state index in [1.54, 1.807) is 0 Å². The van der Waals surface area contributed by atoms with Gasteiger partial charge in [0, 0.05) is 6.04 Å². The number of hydrogen-bond donors (Lipinski definition) is 1. The summed E-state index contributed by atoms with van der Waals surface area (Å²) in [7, 11) is 0. The van der Waals surface area contributed by atoms with Crippen molar-refractivity contribution in [1.82, 2.24) is 0 Å². The molecule has 2 unspecified atom stereocenters. The second-order valence-electron chi connectivity index (χ2n) is 3.80. The Balaban J connectivity index is 2.56. The van der Waals surface area contributed by atoms with Crippen molar-refractivity contribution in [3.05, 3.63) is 0 Å². The largest absolute Gasteiger partial charge is 0.393 e. The summed E-state index contributed by atoms with van der Waals surface area (Å²) in [5, 5.41) is 0. The molecule has 0 aromatic carbocycles. The first-order valence-electron chi connectivity index (χ1n) is 4.84. The molecule has 0 heterocycles. The third kappa shape index (κ3) is 3.18. The van der Waals surface area contributed by atoms with Gasteiger partial charge in [0.15, 0.2) is 0 Å². The Hall–Kier alpha value is -0.250. The summed E-state index contributed by atoms with van der Waals surface area (Å²) < 4.78 is 37.3. The fourth-order valence-corrected chi connectivity index (χ4v) is 1.92. The van der Waals surface area contributed by atoms with E-state index in [0.29, 0.717) is 12.8 Å². The quantitative estimate of drug-likeness (QED) is 0.632. The van der Waals surface area contributed by atoms with Gasteiger partial charge in [-0.2, -0.15) is 13.2 Å². The lowest BCUT2D eigenvalue weighted by Gasteiger charge is -2.28. The number of hydrogen-bond acceptors (Lipinski definition) is 1. The van der Waals surface area contributed by atoms with Gasteiger partial charge >= 0.3 is 6.18 Å². The third-order valence-electron chi connectivity index (χ3n) is 2.74. The topological polar surface area (TPSA) is 26.0 Å². The van der Waals surface area contributed by atoms with E-state index in [0.717, 1.165) is 19.3 Å². The number of rotatable bonds is 0. The number of alkyl halides is 3. The van der Waals surface area contributed by atoms with E-state index >= 15 is 0 Å². The van der Waals surface area contributed by atoms with Gasteiger partial charge in [0.05, 0.1) is 5.92 Å². The summed E-state index contributed by atoms with van der Waals surface area (Å²) in [6.07, 6.45) is 0.0782. The molecule has 1 rings (SSSR count). The monoisotopic (exact) mass is 195 g/mol. The van der Waals surface area contributed by atoms with Gasteiger partial charge < -0.3 is 5.73 Å². The van der Waals surface area contributed by atoms with Crippen molar-refractivity contribution in [2.24, 2.45) is 11.7 Å². The Bertz CT molecular complexity index is 155. The third-order valence-corrected chi connectivity index (χ3v) is 2.74. The fraction of sp³-hybridized carbons (Fsp3) is 1.00. The number of nitrogens with two attached hydrogens (primary N) is 1. The average molecular weight is 195 g/mol. The Morgan fingerprint density at radius 2 is 1.46 bits per heavy atom. The van der Waals surface area contributed by atoms with Crippen LogP contribution in [0.4, 0.5) is 13.2 Å². The van der Waals surface area contributed by atoms with E-state index in [4.69, 9.17) is 5.73 Å². The second-order valence-corrected chi connectivity index (χ2v) is 3.80. The van der Waals surface area contributed by atoms with Crippen LogP contribution in [0.5, 0.6) is 0 Å². The highest BCUT2D eigenvalue weighted by molar-refractivity contribution is 4.80. The molecule has 0 bridgehead atoms. The molecule has 1 fully saturated rings. The van der Waals surface area contributed by atoms with Crippen molar-refractivity contribution in [1.29, 1.82) is 0 Å². The van der Waals surface area contributed by atoms with Gasteiger partial charge in [-0.1, -0.05) is 25.7 Å². The van der Waals surface area contributed by atoms with Crippen molar-refractivity contribution in [2.75, 3.05) is 0 Å². The van der Waals surface area contributed by atoms with Crippen molar-refractivity contribution < 1.29 is 13.2 Å². The van der Waals surface area contributed by atoms with Crippen LogP contribution in [-0.2, 0) is 0 Å². The van der Waals surface area contributed by atoms with E-state index in [2.05, 4.69) is 0 Å². The Labute approximate surface area is 76.5 Å². The maximum absolute atomic E-state index is 12.4. The van der Waals surface area contributed by atoms with Crippen molar-refractivity contribution in [2.45, 2.75) is 50.7 Å². The molecular formula is C9H16F3N. The summed E-state index contributed by atoms with van der Waals surface area (Å²) in [5.74, 6) is -1.27. The van der Waals surface area contributed by atoms with Gasteiger partial charge in [0.2, 0.25) is 0 Å². The summed E-state index contributed by atoms with van der Waals surface area (Å²) in [6, 6.07) is -0.680. The van der Waals surface area contributed by atoms with E-state index in [1.165, 1.54) is 0 Å². The zero-order valence-electron chi connectivity index (χ0n) is 7.61. The van der Waals surface area contributed by atoms with Gasteiger partial charge in [-0.25, -0.2) is 0 Å². The van der Waals surface area contributed by atoms with Gasteiger partial charge in [-0.15, -0.1) is 0 Å². The maximum Gasteiger partial charge on any atom is 0.393 e. The molecule has 0 aromatic rings. The lowest BCUT2D eigenvalue weighted by Crippen LogP contribution is -2.40. The van der Waals surface area contributed by atoms with Crippen molar-refractivity contribution in [3.8, 4) is 0 Å². The molecule has 0 amide bonds. The normalized spacial score (nSPS) is 32.3. The molecule has 1 saturated carbocycles. The molecule has 0 saturated heterocycles. The molecular weight excluding hydrogens is 179 g/mol. The molecule has 0 spiro atoms. The minimum atomic E-state index is -4.10. The zero-order valence-corrected chi connectivity index (χ0v) is 7.61. The second kappa shape index (κ2) is 4.31. The predicted molar refractivity (Wildman–Crippen MR) is 45.2 cm³/mol. The molecule has 78 valence electrons. The molecule has 2 atom stereocenters. The van der Waals surface area contributed by atoms with Gasteiger partial charge in [0.25, 0.3) is 0 Å². The minimum absolute atomic E-state index is 0.213. The standard InChI is InChI=1S/C9H16F3N/c10-9(11,12)7-5-3-1-2-4-6-8(7)13/h7-8H,1-6,13H2. The van der Waals surface area contributed by atoms with Crippen molar-refractivity contribution >= 4 is 0 Å². The smallest absolute Gasteiger partial charge is 0.327 e. The summed E-state index contributed by atoms with van der Waals surface area (Å²) >= 11 is 0. The average Bonchev–Trinajstić information content (AvgIpc) is 1.94. The number of halogens is 3. The SMILES string of the molecule is NC1CCCCCCC1C(F)(F)F. The van der Waals surface area contributed by atoms with E-state index in [-0.39, 0.29) is 6.42 Å². The minimum Gasteiger partial charge on any atom is -0.327 e. The molecule has 1 nitrogen and oxygen atoms in total. The maximum atomic E-state index is 12.4. The van der Waals surface area contributed by atoms with Crippen LogP contribution in [0.3, 0.4) is 0 Å². The van der Waals surface area contributed by atoms with Gasteiger partial charge in [0.1, 0.15) is 0 Å². The van der Waals surface area contributed by atoms with E-state index < -0.39 is 18.1 Å². The molecule has 0 aliphatic heterocycles. The first-order chi connectivity index (χ1) is 6.02. The fourth-order valence-electron chi connectivity index (χ4n) is 1.92. The summed E-state index contributed by atoms with van der Waals surface area (Å²) in [6.45, 7) is 0. The Morgan fingerprint density at radius 3 is 2.00 bits per heavy atom. The Morgan fingerprint density at radius 1 is 0.923 bits per heavy atom. The molecule has 4 heteroatoms. The molecule has 0 radical (unpaired) electrons. The van der Waals surface area contributed by atoms with Crippen LogP contribution in [0.2, 0.25) is 0 Å². The van der Waals surface area contributed by atoms with Gasteiger partial charge in [-0.05, 0) is 12.8 Å². The van der Waals surface area contributed by atoms with Crippen LogP contribution < -0.4 is 5.73 Å². The van der Waals surface area contributed by atoms with Crippen molar-refractivity contribution in [3.63, 3.8) is 0 Å². The highest BCUT2D eigenvalue weighted by atomic mass is 19.4. The van der Waals surface area contributed by atoms with E-state index in [9.17, 15) is 13.2 Å². The Kier molecular flexibility index (Phi) is 3.59. The first kappa shape index (κ1) is 10.8. The molecule has 1 aliphatic carbocycles. The lowest BCUT2D eigenvalue weighted by molar-refractivity contribution is -0.183. The van der Waals surface area contributed by atoms with Crippen LogP contribution in [0.25, 0.3) is 0 Å². The summed E-state index contributed by atoms with van der Waals surface area (Å²) in [4.78, 5) is 0. The van der Waals surface area contributed by atoms with Gasteiger partial charge in [-0.3, -0.25) is 0 Å². The molecule has 0 aromatic heterocycles. The van der Waals surface area contributed by atoms with Crippen LogP contribution in [0.15, 0.2) is 0 Å². The highest BCUT2D eigenvalue weighted by Crippen LogP contribution is 2.35. The predicted octanol–water partition coefficient (Wildman–Crippen LogP) is 2.85. The highest BCUT2D eigenvalue weighted by Gasteiger charge is 2.42. The first-order valence-corrected chi connectivity index (χ1v) is 4.84. The lowest BCUT2D eigenvalue weighted by atomic mass is 9.87. The summed E-state index contributed by atoms with van der Waals surface area (Å²) in [5.41, 5.74) is 5.51. The zero-order chi connectivity index (χ0) is 9.90.